The summed E-state index contributed by atoms with van der Waals surface area (Å²) in [4.78, 5) is 38.0. The lowest BCUT2D eigenvalue weighted by molar-refractivity contribution is -0.144. The summed E-state index contributed by atoms with van der Waals surface area (Å²) in [5.41, 5.74) is 1.16. The maximum absolute atomic E-state index is 12.9. The van der Waals surface area contributed by atoms with E-state index in [4.69, 9.17) is 9.47 Å². The molecule has 1 heterocycles. The van der Waals surface area contributed by atoms with E-state index in [0.29, 0.717) is 16.5 Å². The largest absolute Gasteiger partial charge is 0.479 e. The molecule has 2 N–H and O–H groups in total. The second-order valence-corrected chi connectivity index (χ2v) is 8.69. The standard InChI is InChI=1S/C29H28N2O6/c1-2-29(26(32)33,30-27(34)36-19-21-11-5-3-6-12-21)17-23-18-31(25-16-10-9-15-24(23)25)28(35)37-20-22-13-7-4-8-14-22/h3-16,18H,2,17,19-20H2,1H3,(H,30,34)(H,32,33)/t29-/m1/s1. The van der Waals surface area contributed by atoms with Crippen molar-refractivity contribution >= 4 is 29.1 Å². The smallest absolute Gasteiger partial charge is 0.418 e. The Balaban J connectivity index is 1.55. The molecular formula is C29H28N2O6. The Morgan fingerprint density at radius 2 is 1.41 bits per heavy atom. The summed E-state index contributed by atoms with van der Waals surface area (Å²) in [7, 11) is 0. The summed E-state index contributed by atoms with van der Waals surface area (Å²) >= 11 is 0. The first-order valence-electron chi connectivity index (χ1n) is 11.9. The van der Waals surface area contributed by atoms with Crippen molar-refractivity contribution < 1.29 is 29.0 Å². The van der Waals surface area contributed by atoms with Crippen molar-refractivity contribution in [2.75, 3.05) is 0 Å². The molecule has 1 amide bonds. The van der Waals surface area contributed by atoms with Crippen LogP contribution in [0.15, 0.2) is 91.1 Å². The van der Waals surface area contributed by atoms with E-state index in [1.165, 1.54) is 4.57 Å². The summed E-state index contributed by atoms with van der Waals surface area (Å²) in [5, 5.41) is 13.4. The molecule has 8 heteroatoms. The molecule has 4 aromatic rings. The van der Waals surface area contributed by atoms with Crippen LogP contribution in [0.25, 0.3) is 10.9 Å². The lowest BCUT2D eigenvalue weighted by Gasteiger charge is -2.29. The number of alkyl carbamates (subject to hydrolysis) is 1. The maximum Gasteiger partial charge on any atom is 0.418 e. The molecule has 0 unspecified atom stereocenters. The first-order valence-corrected chi connectivity index (χ1v) is 11.9. The molecule has 8 nitrogen and oxygen atoms in total. The number of carboxylic acid groups (broad SMARTS) is 1. The molecule has 0 aliphatic heterocycles. The number of ether oxygens (including phenoxy) is 2. The van der Waals surface area contributed by atoms with Gasteiger partial charge in [0.05, 0.1) is 5.52 Å². The maximum atomic E-state index is 12.9. The molecule has 3 aromatic carbocycles. The fourth-order valence-electron chi connectivity index (χ4n) is 4.15. The average molecular weight is 501 g/mol. The van der Waals surface area contributed by atoms with Gasteiger partial charge in [0.1, 0.15) is 18.8 Å². The van der Waals surface area contributed by atoms with Crippen molar-refractivity contribution in [2.24, 2.45) is 0 Å². The molecule has 0 fully saturated rings. The molecule has 0 aliphatic rings. The summed E-state index contributed by atoms with van der Waals surface area (Å²) in [6.07, 6.45) is 0.194. The zero-order valence-corrected chi connectivity index (χ0v) is 20.4. The molecule has 1 aromatic heterocycles. The van der Waals surface area contributed by atoms with E-state index in [-0.39, 0.29) is 26.1 Å². The van der Waals surface area contributed by atoms with Crippen molar-refractivity contribution in [3.05, 3.63) is 108 Å². The SMILES string of the molecule is CC[C@](Cc1cn(C(=O)OCc2ccccc2)c2ccccc12)(NC(=O)OCc1ccccc1)C(=O)O. The Bertz CT molecular complexity index is 1380. The van der Waals surface area contributed by atoms with Gasteiger partial charge < -0.3 is 19.9 Å². The molecule has 0 saturated carbocycles. The number of para-hydroxylation sites is 1. The average Bonchev–Trinajstić information content (AvgIpc) is 3.29. The van der Waals surface area contributed by atoms with Crippen LogP contribution in [-0.2, 0) is 33.9 Å². The Morgan fingerprint density at radius 3 is 2.00 bits per heavy atom. The topological polar surface area (TPSA) is 107 Å². The van der Waals surface area contributed by atoms with Gasteiger partial charge >= 0.3 is 18.2 Å². The Hall–Kier alpha value is -4.59. The predicted molar refractivity (Wildman–Crippen MR) is 138 cm³/mol. The zero-order valence-electron chi connectivity index (χ0n) is 20.4. The van der Waals surface area contributed by atoms with Gasteiger partial charge in [-0.1, -0.05) is 85.8 Å². The van der Waals surface area contributed by atoms with Crippen LogP contribution in [0.4, 0.5) is 9.59 Å². The number of rotatable bonds is 9. The highest BCUT2D eigenvalue weighted by atomic mass is 16.6. The van der Waals surface area contributed by atoms with Gasteiger partial charge in [0.25, 0.3) is 0 Å². The minimum Gasteiger partial charge on any atom is -0.479 e. The van der Waals surface area contributed by atoms with E-state index in [0.717, 1.165) is 11.1 Å². The molecule has 0 spiro atoms. The van der Waals surface area contributed by atoms with Crippen LogP contribution in [0, 0.1) is 0 Å². The number of carboxylic acids is 1. The number of hydrogen-bond donors (Lipinski definition) is 2. The first-order chi connectivity index (χ1) is 17.9. The predicted octanol–water partition coefficient (Wildman–Crippen LogP) is 5.53. The van der Waals surface area contributed by atoms with Gasteiger partial charge in [-0.15, -0.1) is 0 Å². The van der Waals surface area contributed by atoms with Crippen LogP contribution in [0.3, 0.4) is 0 Å². The third kappa shape index (κ3) is 5.98. The van der Waals surface area contributed by atoms with Crippen LogP contribution < -0.4 is 5.32 Å². The van der Waals surface area contributed by atoms with E-state index in [2.05, 4.69) is 5.32 Å². The summed E-state index contributed by atoms with van der Waals surface area (Å²) in [6.45, 7) is 1.79. The van der Waals surface area contributed by atoms with Crippen molar-refractivity contribution in [1.29, 1.82) is 0 Å². The third-order valence-corrected chi connectivity index (χ3v) is 6.26. The number of nitrogens with one attached hydrogen (secondary N) is 1. The number of hydrogen-bond acceptors (Lipinski definition) is 5. The van der Waals surface area contributed by atoms with Crippen LogP contribution in [0.1, 0.15) is 30.0 Å². The van der Waals surface area contributed by atoms with Crippen LogP contribution in [0.5, 0.6) is 0 Å². The number of nitrogens with zero attached hydrogens (tertiary/aromatic N) is 1. The normalized spacial score (nSPS) is 12.5. The van der Waals surface area contributed by atoms with Gasteiger partial charge in [-0.3, -0.25) is 4.57 Å². The summed E-state index contributed by atoms with van der Waals surface area (Å²) in [6, 6.07) is 25.6. The highest BCUT2D eigenvalue weighted by molar-refractivity contribution is 5.93. The molecule has 37 heavy (non-hydrogen) atoms. The van der Waals surface area contributed by atoms with Gasteiger partial charge in [0.2, 0.25) is 0 Å². The van der Waals surface area contributed by atoms with Gasteiger partial charge in [-0.05, 0) is 29.2 Å². The van der Waals surface area contributed by atoms with Crippen molar-refractivity contribution in [2.45, 2.75) is 38.5 Å². The highest BCUT2D eigenvalue weighted by Gasteiger charge is 2.40. The van der Waals surface area contributed by atoms with Gasteiger partial charge in [0.15, 0.2) is 0 Å². The lowest BCUT2D eigenvalue weighted by Crippen LogP contribution is -2.55. The van der Waals surface area contributed by atoms with Crippen LogP contribution in [-0.4, -0.2) is 33.4 Å². The number of amides is 1. The van der Waals surface area contributed by atoms with Gasteiger partial charge in [-0.25, -0.2) is 14.4 Å². The van der Waals surface area contributed by atoms with E-state index in [1.54, 1.807) is 31.3 Å². The second-order valence-electron chi connectivity index (χ2n) is 8.69. The van der Waals surface area contributed by atoms with Gasteiger partial charge in [-0.2, -0.15) is 0 Å². The Kier molecular flexibility index (Phi) is 7.88. The number of aromatic nitrogens is 1. The number of fused-ring (bicyclic) bond motifs is 1. The van der Waals surface area contributed by atoms with Gasteiger partial charge in [0, 0.05) is 18.0 Å². The van der Waals surface area contributed by atoms with Crippen LogP contribution in [0.2, 0.25) is 0 Å². The quantitative estimate of drug-likeness (QED) is 0.313. The second kappa shape index (κ2) is 11.4. The molecule has 1 atom stereocenters. The summed E-state index contributed by atoms with van der Waals surface area (Å²) < 4.78 is 12.1. The molecule has 0 saturated heterocycles. The fraction of sp³-hybridized carbons (Fsp3) is 0.207. The fourth-order valence-corrected chi connectivity index (χ4v) is 4.15. The molecule has 0 radical (unpaired) electrons. The van der Waals surface area contributed by atoms with E-state index >= 15 is 0 Å². The van der Waals surface area contributed by atoms with Crippen molar-refractivity contribution in [3.63, 3.8) is 0 Å². The first kappa shape index (κ1) is 25.5. The van der Waals surface area contributed by atoms with Crippen molar-refractivity contribution in [3.8, 4) is 0 Å². The summed E-state index contributed by atoms with van der Waals surface area (Å²) in [5.74, 6) is -1.20. The molecule has 0 bridgehead atoms. The minimum absolute atomic E-state index is 0.0125. The number of carbonyl (C=O) groups excluding carboxylic acids is 2. The molecular weight excluding hydrogens is 472 g/mol. The monoisotopic (exact) mass is 500 g/mol. The number of carbonyl (C=O) groups is 3. The van der Waals surface area contributed by atoms with E-state index < -0.39 is 23.7 Å². The number of benzene rings is 3. The number of aliphatic carboxylic acids is 1. The zero-order chi connectivity index (χ0) is 26.3. The Morgan fingerprint density at radius 1 is 0.838 bits per heavy atom. The molecule has 0 aliphatic carbocycles. The van der Waals surface area contributed by atoms with E-state index in [9.17, 15) is 19.5 Å². The Labute approximate surface area is 214 Å². The third-order valence-electron chi connectivity index (χ3n) is 6.26. The lowest BCUT2D eigenvalue weighted by atomic mass is 9.88. The van der Waals surface area contributed by atoms with Crippen molar-refractivity contribution in [1.82, 2.24) is 9.88 Å². The van der Waals surface area contributed by atoms with Crippen LogP contribution >= 0.6 is 0 Å². The highest BCUT2D eigenvalue weighted by Crippen LogP contribution is 2.27. The molecule has 4 rings (SSSR count). The van der Waals surface area contributed by atoms with E-state index in [1.807, 2.05) is 66.7 Å². The minimum atomic E-state index is -1.64. The molecule has 190 valence electrons.